The van der Waals surface area contributed by atoms with Gasteiger partial charge in [-0.15, -0.1) is 0 Å². The van der Waals surface area contributed by atoms with E-state index in [1.165, 1.54) is 200 Å². The van der Waals surface area contributed by atoms with E-state index in [-0.39, 0.29) is 16.5 Å². The Balaban J connectivity index is 0.0000105. The zero-order valence-electron chi connectivity index (χ0n) is 36.5. The molecule has 0 fully saturated rings. The molecule has 0 amide bonds. The molecular formula is C52H84N2Ni. The molecule has 2 aromatic carbocycles. The van der Waals surface area contributed by atoms with Crippen LogP contribution < -0.4 is 0 Å². The summed E-state index contributed by atoms with van der Waals surface area (Å²) in [5.74, 6) is 0. The summed E-state index contributed by atoms with van der Waals surface area (Å²) in [6.45, 7) is 9.13. The monoisotopic (exact) mass is 795 g/mol. The Morgan fingerprint density at radius 3 is 1.00 bits per heavy atom. The fraction of sp³-hybridized carbons (Fsp3) is 0.692. The number of nitrogens with zero attached hydrogens (tertiary/aromatic N) is 2. The summed E-state index contributed by atoms with van der Waals surface area (Å²) < 4.78 is 1.59. The Labute approximate surface area is 351 Å². The Hall–Kier alpha value is -1.99. The Morgan fingerprint density at radius 2 is 0.655 bits per heavy atom. The Morgan fingerprint density at radius 1 is 0.364 bits per heavy atom. The van der Waals surface area contributed by atoms with Crippen LogP contribution in [-0.2, 0) is 29.3 Å². The predicted octanol–water partition coefficient (Wildman–Crippen LogP) is 17.7. The van der Waals surface area contributed by atoms with E-state index in [4.69, 9.17) is 0 Å². The SMILES string of the molecule is CCCCCCCCCCCCCCCCCCCCCCCCC1=C(c2cccc(CCCC)c2)[N+](=[N-])C(c2cccc(CCCC)c2)=C1CCCC.[Ni]. The van der Waals surface area contributed by atoms with Gasteiger partial charge in [0.2, 0.25) is 11.4 Å². The standard InChI is InChI=1S/C52H84N2.Ni/c1-5-9-13-14-15-16-17-18-19-20-21-22-23-24-25-26-27-28-29-30-31-32-42-50-49(41-12-8-4)51(47-39-33-37-45(43-47)35-10-6-2)54(53)52(50)48-40-34-38-46(44-48)36-11-7-3;/h33-34,37-40,43-44H,5-32,35-36,41-42H2,1-4H3;. The molecule has 0 unspecified atom stereocenters. The van der Waals surface area contributed by atoms with E-state index in [1.807, 2.05) is 0 Å². The summed E-state index contributed by atoms with van der Waals surface area (Å²) in [6.07, 6.45) is 42.5. The van der Waals surface area contributed by atoms with E-state index in [0.29, 0.717) is 0 Å². The molecule has 0 saturated carbocycles. The molecule has 2 aromatic rings. The van der Waals surface area contributed by atoms with Gasteiger partial charge in [-0.25, -0.2) is 4.70 Å². The largest absolute Gasteiger partial charge is 0.493 e. The van der Waals surface area contributed by atoms with E-state index in [9.17, 15) is 5.53 Å². The topological polar surface area (TPSA) is 25.3 Å². The second kappa shape index (κ2) is 32.0. The molecule has 0 spiro atoms. The molecule has 1 aliphatic rings. The van der Waals surface area contributed by atoms with Gasteiger partial charge < -0.3 is 5.53 Å². The first-order valence-electron chi connectivity index (χ1n) is 23.8. The van der Waals surface area contributed by atoms with Gasteiger partial charge in [0.1, 0.15) is 0 Å². The second-order valence-corrected chi connectivity index (χ2v) is 16.9. The van der Waals surface area contributed by atoms with Gasteiger partial charge in [0.15, 0.2) is 0 Å². The minimum Gasteiger partial charge on any atom is -0.493 e. The summed E-state index contributed by atoms with van der Waals surface area (Å²) >= 11 is 0. The van der Waals surface area contributed by atoms with Crippen molar-refractivity contribution in [3.05, 3.63) is 87.5 Å². The number of rotatable bonds is 34. The number of allylic oxidation sites excluding steroid dienone is 2. The van der Waals surface area contributed by atoms with Crippen LogP contribution in [0.4, 0.5) is 0 Å². The molecule has 0 saturated heterocycles. The quantitative estimate of drug-likeness (QED) is 0.0383. The van der Waals surface area contributed by atoms with E-state index < -0.39 is 0 Å². The minimum absolute atomic E-state index is 0. The van der Waals surface area contributed by atoms with Crippen molar-refractivity contribution >= 4 is 11.4 Å². The van der Waals surface area contributed by atoms with Gasteiger partial charge in [-0.3, -0.25) is 0 Å². The van der Waals surface area contributed by atoms with Gasteiger partial charge in [-0.1, -0.05) is 206 Å². The molecule has 1 heterocycles. The molecule has 0 radical (unpaired) electrons. The third-order valence-electron chi connectivity index (χ3n) is 12.0. The first kappa shape index (κ1) is 49.2. The van der Waals surface area contributed by atoms with Gasteiger partial charge in [0.25, 0.3) is 0 Å². The summed E-state index contributed by atoms with van der Waals surface area (Å²) in [6, 6.07) is 18.1. The molecule has 312 valence electrons. The van der Waals surface area contributed by atoms with Crippen LogP contribution in [0.2, 0.25) is 0 Å². The molecule has 3 heteroatoms. The summed E-state index contributed by atoms with van der Waals surface area (Å²) in [5, 5.41) is 0. The van der Waals surface area contributed by atoms with Crippen LogP contribution in [0.15, 0.2) is 59.7 Å². The third-order valence-corrected chi connectivity index (χ3v) is 12.0. The van der Waals surface area contributed by atoms with Crippen molar-refractivity contribution < 1.29 is 21.2 Å². The number of unbranched alkanes of at least 4 members (excludes halogenated alkanes) is 24. The molecule has 0 N–H and O–H groups in total. The Kier molecular flexibility index (Phi) is 28.6. The fourth-order valence-corrected chi connectivity index (χ4v) is 8.56. The average Bonchev–Trinajstić information content (AvgIpc) is 3.47. The smallest absolute Gasteiger partial charge is 0.211 e. The molecule has 2 nitrogen and oxygen atoms in total. The number of benzene rings is 2. The van der Waals surface area contributed by atoms with E-state index in [1.54, 1.807) is 4.70 Å². The van der Waals surface area contributed by atoms with Crippen molar-refractivity contribution in [1.29, 1.82) is 0 Å². The molecule has 55 heavy (non-hydrogen) atoms. The van der Waals surface area contributed by atoms with Crippen molar-refractivity contribution in [2.75, 3.05) is 0 Å². The van der Waals surface area contributed by atoms with Crippen LogP contribution in [0.3, 0.4) is 0 Å². The maximum atomic E-state index is 12.1. The maximum absolute atomic E-state index is 12.1. The van der Waals surface area contributed by atoms with Crippen LogP contribution in [0.25, 0.3) is 16.9 Å². The minimum atomic E-state index is 0. The molecule has 0 aromatic heterocycles. The van der Waals surface area contributed by atoms with Gasteiger partial charge >= 0.3 is 0 Å². The molecule has 3 rings (SSSR count). The van der Waals surface area contributed by atoms with Gasteiger partial charge in [0, 0.05) is 38.8 Å². The van der Waals surface area contributed by atoms with Crippen molar-refractivity contribution in [3.8, 4) is 0 Å². The van der Waals surface area contributed by atoms with Gasteiger partial charge in [-0.05, 0) is 86.8 Å². The van der Waals surface area contributed by atoms with Crippen molar-refractivity contribution in [1.82, 2.24) is 0 Å². The average molecular weight is 796 g/mol. The molecular weight excluding hydrogens is 711 g/mol. The summed E-state index contributed by atoms with van der Waals surface area (Å²) in [5.41, 5.74) is 22.1. The van der Waals surface area contributed by atoms with E-state index >= 15 is 0 Å². The van der Waals surface area contributed by atoms with Crippen LogP contribution in [-0.4, -0.2) is 4.70 Å². The third kappa shape index (κ3) is 19.3. The van der Waals surface area contributed by atoms with Crippen molar-refractivity contribution in [2.24, 2.45) is 0 Å². The second-order valence-electron chi connectivity index (χ2n) is 16.9. The molecule has 0 atom stereocenters. The van der Waals surface area contributed by atoms with Crippen LogP contribution in [0.5, 0.6) is 0 Å². The number of hydrogen-bond donors (Lipinski definition) is 0. The number of aryl methyl sites for hydroxylation is 2. The fourth-order valence-electron chi connectivity index (χ4n) is 8.56. The predicted molar refractivity (Wildman–Crippen MR) is 239 cm³/mol. The van der Waals surface area contributed by atoms with E-state index in [0.717, 1.165) is 49.9 Å². The normalized spacial score (nSPS) is 13.0. The van der Waals surface area contributed by atoms with Crippen molar-refractivity contribution in [2.45, 2.75) is 233 Å². The number of hydrogen-bond acceptors (Lipinski definition) is 0. The van der Waals surface area contributed by atoms with Gasteiger partial charge in [-0.2, -0.15) is 0 Å². The maximum Gasteiger partial charge on any atom is 0.211 e. The van der Waals surface area contributed by atoms with Crippen LogP contribution >= 0.6 is 0 Å². The summed E-state index contributed by atoms with van der Waals surface area (Å²) in [7, 11) is 0. The Bertz CT molecular complexity index is 1350. The molecule has 0 aliphatic carbocycles. The van der Waals surface area contributed by atoms with Gasteiger partial charge in [0.05, 0.1) is 0 Å². The van der Waals surface area contributed by atoms with E-state index in [2.05, 4.69) is 76.2 Å². The molecule has 1 aliphatic heterocycles. The first-order valence-corrected chi connectivity index (χ1v) is 23.8. The molecule has 0 bridgehead atoms. The summed E-state index contributed by atoms with van der Waals surface area (Å²) in [4.78, 5) is 0. The van der Waals surface area contributed by atoms with Crippen LogP contribution in [0, 0.1) is 0 Å². The first-order chi connectivity index (χ1) is 26.6. The van der Waals surface area contributed by atoms with Crippen molar-refractivity contribution in [3.63, 3.8) is 0 Å². The zero-order valence-corrected chi connectivity index (χ0v) is 37.4. The van der Waals surface area contributed by atoms with Crippen LogP contribution in [0.1, 0.15) is 243 Å². The zero-order chi connectivity index (χ0) is 38.5.